The first-order chi connectivity index (χ1) is 16.7. The molecule has 1 atom stereocenters. The van der Waals surface area contributed by atoms with Crippen molar-refractivity contribution in [2.24, 2.45) is 0 Å². The van der Waals surface area contributed by atoms with E-state index in [4.69, 9.17) is 4.74 Å². The standard InChI is InChI=1S/C30H39N3O/c1-4-31-21-22-33(32(5-2)6-3)25-30(31,28-18-11-8-12-19-28)23-27-17-13-14-20-29(27)34-24-26-15-9-7-10-16-26/h7-20H,4-6,21-25H2,1-3H3. The fourth-order valence-electron chi connectivity index (χ4n) is 5.39. The highest BCUT2D eigenvalue weighted by atomic mass is 16.5. The maximum absolute atomic E-state index is 6.39. The molecule has 1 heterocycles. The first kappa shape index (κ1) is 24.5. The third-order valence-electron chi connectivity index (χ3n) is 7.19. The molecule has 0 saturated carbocycles. The van der Waals surface area contributed by atoms with Crippen LogP contribution in [0.25, 0.3) is 0 Å². The number of rotatable bonds is 10. The van der Waals surface area contributed by atoms with Gasteiger partial charge in [0.15, 0.2) is 0 Å². The lowest BCUT2D eigenvalue weighted by molar-refractivity contribution is -0.108. The minimum atomic E-state index is -0.122. The highest BCUT2D eigenvalue weighted by Crippen LogP contribution is 2.38. The SMILES string of the molecule is CCN(CC)N1CCN(CC)C(Cc2ccccc2OCc2ccccc2)(c2ccccc2)C1. The predicted octanol–water partition coefficient (Wildman–Crippen LogP) is 5.60. The average molecular weight is 458 g/mol. The molecule has 1 saturated heterocycles. The summed E-state index contributed by atoms with van der Waals surface area (Å²) >= 11 is 0. The maximum Gasteiger partial charge on any atom is 0.123 e. The van der Waals surface area contributed by atoms with Crippen LogP contribution in [0.3, 0.4) is 0 Å². The van der Waals surface area contributed by atoms with Crippen molar-refractivity contribution in [2.45, 2.75) is 39.3 Å². The third kappa shape index (κ3) is 5.35. The number of hydrogen-bond donors (Lipinski definition) is 0. The van der Waals surface area contributed by atoms with Crippen molar-refractivity contribution in [1.82, 2.24) is 14.9 Å². The van der Waals surface area contributed by atoms with Crippen LogP contribution in [0.1, 0.15) is 37.5 Å². The summed E-state index contributed by atoms with van der Waals surface area (Å²) in [7, 11) is 0. The third-order valence-corrected chi connectivity index (χ3v) is 7.19. The fraction of sp³-hybridized carbons (Fsp3) is 0.400. The maximum atomic E-state index is 6.39. The van der Waals surface area contributed by atoms with Crippen LogP contribution in [-0.2, 0) is 18.6 Å². The number of hydrogen-bond acceptors (Lipinski definition) is 4. The van der Waals surface area contributed by atoms with E-state index < -0.39 is 0 Å². The van der Waals surface area contributed by atoms with Gasteiger partial charge in [-0.15, -0.1) is 0 Å². The quantitative estimate of drug-likeness (QED) is 0.395. The average Bonchev–Trinajstić information content (AvgIpc) is 2.90. The van der Waals surface area contributed by atoms with Gasteiger partial charge in [-0.25, -0.2) is 10.0 Å². The van der Waals surface area contributed by atoms with E-state index in [9.17, 15) is 0 Å². The Morgan fingerprint density at radius 2 is 1.44 bits per heavy atom. The number of piperazine rings is 1. The van der Waals surface area contributed by atoms with Crippen molar-refractivity contribution in [2.75, 3.05) is 39.3 Å². The van der Waals surface area contributed by atoms with Gasteiger partial charge < -0.3 is 4.74 Å². The predicted molar refractivity (Wildman–Crippen MR) is 141 cm³/mol. The van der Waals surface area contributed by atoms with E-state index in [0.717, 1.165) is 51.4 Å². The molecule has 0 aliphatic carbocycles. The van der Waals surface area contributed by atoms with Gasteiger partial charge >= 0.3 is 0 Å². The lowest BCUT2D eigenvalue weighted by Gasteiger charge is -2.53. The van der Waals surface area contributed by atoms with Crippen molar-refractivity contribution in [1.29, 1.82) is 0 Å². The Hall–Kier alpha value is -2.66. The Kier molecular flexibility index (Phi) is 8.39. The Labute approximate surface area is 205 Å². The molecule has 1 fully saturated rings. The van der Waals surface area contributed by atoms with E-state index in [1.165, 1.54) is 16.7 Å². The second kappa shape index (κ2) is 11.7. The van der Waals surface area contributed by atoms with Crippen molar-refractivity contribution >= 4 is 0 Å². The van der Waals surface area contributed by atoms with Crippen LogP contribution >= 0.6 is 0 Å². The lowest BCUT2D eigenvalue weighted by atomic mass is 9.80. The molecule has 180 valence electrons. The fourth-order valence-corrected chi connectivity index (χ4v) is 5.39. The van der Waals surface area contributed by atoms with E-state index in [-0.39, 0.29) is 5.54 Å². The number of hydrazine groups is 1. The summed E-state index contributed by atoms with van der Waals surface area (Å²) in [4.78, 5) is 2.68. The zero-order valence-electron chi connectivity index (χ0n) is 21.0. The van der Waals surface area contributed by atoms with Crippen LogP contribution in [0.5, 0.6) is 5.75 Å². The van der Waals surface area contributed by atoms with Crippen LogP contribution in [0.2, 0.25) is 0 Å². The van der Waals surface area contributed by atoms with Gasteiger partial charge in [-0.2, -0.15) is 0 Å². The van der Waals surface area contributed by atoms with Gasteiger partial charge in [0.1, 0.15) is 12.4 Å². The van der Waals surface area contributed by atoms with Crippen molar-refractivity contribution in [3.63, 3.8) is 0 Å². The molecule has 34 heavy (non-hydrogen) atoms. The Bertz CT molecular complexity index is 1010. The van der Waals surface area contributed by atoms with E-state index >= 15 is 0 Å². The van der Waals surface area contributed by atoms with Crippen molar-refractivity contribution in [3.05, 3.63) is 102 Å². The van der Waals surface area contributed by atoms with Crippen LogP contribution < -0.4 is 4.74 Å². The molecule has 0 amide bonds. The first-order valence-corrected chi connectivity index (χ1v) is 12.7. The molecule has 1 aliphatic rings. The summed E-state index contributed by atoms with van der Waals surface area (Å²) in [5.74, 6) is 0.984. The van der Waals surface area contributed by atoms with Gasteiger partial charge in [0.25, 0.3) is 0 Å². The smallest absolute Gasteiger partial charge is 0.123 e. The van der Waals surface area contributed by atoms with E-state index in [2.05, 4.69) is 115 Å². The molecule has 0 spiro atoms. The van der Waals surface area contributed by atoms with Gasteiger partial charge in [-0.3, -0.25) is 4.90 Å². The molecule has 0 N–H and O–H groups in total. The normalized spacial score (nSPS) is 19.4. The van der Waals surface area contributed by atoms with Gasteiger partial charge in [0.05, 0.1) is 5.54 Å². The molecule has 3 aromatic carbocycles. The minimum absolute atomic E-state index is 0.122. The Morgan fingerprint density at radius 3 is 2.12 bits per heavy atom. The summed E-state index contributed by atoms with van der Waals surface area (Å²) in [5, 5.41) is 5.06. The van der Waals surface area contributed by atoms with E-state index in [1.807, 2.05) is 6.07 Å². The van der Waals surface area contributed by atoms with E-state index in [0.29, 0.717) is 6.61 Å². The Morgan fingerprint density at radius 1 is 0.794 bits per heavy atom. The molecule has 1 aliphatic heterocycles. The lowest BCUT2D eigenvalue weighted by Crippen LogP contribution is -2.64. The minimum Gasteiger partial charge on any atom is -0.489 e. The van der Waals surface area contributed by atoms with Crippen molar-refractivity contribution in [3.8, 4) is 5.75 Å². The van der Waals surface area contributed by atoms with Crippen LogP contribution in [0.15, 0.2) is 84.9 Å². The second-order valence-corrected chi connectivity index (χ2v) is 9.06. The summed E-state index contributed by atoms with van der Waals surface area (Å²) in [6.45, 7) is 13.6. The topological polar surface area (TPSA) is 19.0 Å². The molecular formula is C30H39N3O. The zero-order chi connectivity index (χ0) is 23.8. The molecule has 0 bridgehead atoms. The van der Waals surface area contributed by atoms with Crippen molar-refractivity contribution < 1.29 is 4.74 Å². The molecule has 0 aromatic heterocycles. The monoisotopic (exact) mass is 457 g/mol. The van der Waals surface area contributed by atoms with Crippen LogP contribution in [0.4, 0.5) is 0 Å². The number of ether oxygens (including phenoxy) is 1. The highest BCUT2D eigenvalue weighted by molar-refractivity contribution is 5.38. The number of para-hydroxylation sites is 1. The molecule has 4 heteroatoms. The van der Waals surface area contributed by atoms with Gasteiger partial charge in [-0.1, -0.05) is 99.6 Å². The molecule has 3 aromatic rings. The van der Waals surface area contributed by atoms with Gasteiger partial charge in [-0.05, 0) is 35.7 Å². The van der Waals surface area contributed by atoms with Crippen LogP contribution in [-0.4, -0.2) is 54.2 Å². The second-order valence-electron chi connectivity index (χ2n) is 9.06. The molecule has 0 radical (unpaired) electrons. The van der Waals surface area contributed by atoms with E-state index in [1.54, 1.807) is 0 Å². The molecular weight excluding hydrogens is 418 g/mol. The number of benzene rings is 3. The summed E-state index contributed by atoms with van der Waals surface area (Å²) in [6.07, 6.45) is 0.910. The molecule has 1 unspecified atom stereocenters. The number of nitrogens with zero attached hydrogens (tertiary/aromatic N) is 3. The van der Waals surface area contributed by atoms with Gasteiger partial charge in [0, 0.05) is 32.7 Å². The molecule has 4 rings (SSSR count). The summed E-state index contributed by atoms with van der Waals surface area (Å²) in [6, 6.07) is 30.1. The zero-order valence-corrected chi connectivity index (χ0v) is 21.0. The highest BCUT2D eigenvalue weighted by Gasteiger charge is 2.44. The summed E-state index contributed by atoms with van der Waals surface area (Å²) in [5.41, 5.74) is 3.72. The number of likely N-dealkylation sites (N-methyl/N-ethyl adjacent to an activating group) is 1. The molecule has 4 nitrogen and oxygen atoms in total. The summed E-state index contributed by atoms with van der Waals surface area (Å²) < 4.78 is 6.39. The first-order valence-electron chi connectivity index (χ1n) is 12.7. The Balaban J connectivity index is 1.70. The van der Waals surface area contributed by atoms with Gasteiger partial charge in [0.2, 0.25) is 0 Å². The van der Waals surface area contributed by atoms with Crippen LogP contribution in [0, 0.1) is 0 Å². The largest absolute Gasteiger partial charge is 0.489 e.